The van der Waals surface area contributed by atoms with E-state index >= 15 is 0 Å². The minimum absolute atomic E-state index is 0.0568. The zero-order valence-corrected chi connectivity index (χ0v) is 7.68. The molecule has 3 N–H and O–H groups in total. The Kier molecular flexibility index (Phi) is 3.34. The zero-order chi connectivity index (χ0) is 8.97. The molecule has 0 aliphatic carbocycles. The average Bonchev–Trinajstić information content (AvgIpc) is 2.37. The SMILES string of the molecule is CC(C)NC(=O)NC1CCNC1. The van der Waals surface area contributed by atoms with Crippen molar-refractivity contribution in [1.29, 1.82) is 0 Å². The van der Waals surface area contributed by atoms with Gasteiger partial charge in [-0.1, -0.05) is 0 Å². The number of hydrogen-bond donors (Lipinski definition) is 3. The van der Waals surface area contributed by atoms with E-state index in [9.17, 15) is 4.79 Å². The van der Waals surface area contributed by atoms with Crippen LogP contribution in [0.3, 0.4) is 0 Å². The molecule has 0 radical (unpaired) electrons. The highest BCUT2D eigenvalue weighted by molar-refractivity contribution is 5.74. The molecule has 1 saturated heterocycles. The van der Waals surface area contributed by atoms with Crippen LogP contribution in [0.5, 0.6) is 0 Å². The van der Waals surface area contributed by atoms with E-state index in [-0.39, 0.29) is 12.1 Å². The van der Waals surface area contributed by atoms with E-state index in [0.29, 0.717) is 6.04 Å². The van der Waals surface area contributed by atoms with E-state index in [4.69, 9.17) is 0 Å². The summed E-state index contributed by atoms with van der Waals surface area (Å²) in [7, 11) is 0. The summed E-state index contributed by atoms with van der Waals surface area (Å²) in [4.78, 5) is 11.2. The summed E-state index contributed by atoms with van der Waals surface area (Å²) in [6.45, 7) is 5.80. The first-order valence-electron chi connectivity index (χ1n) is 4.46. The van der Waals surface area contributed by atoms with E-state index < -0.39 is 0 Å². The van der Waals surface area contributed by atoms with Gasteiger partial charge in [-0.3, -0.25) is 0 Å². The van der Waals surface area contributed by atoms with Crippen LogP contribution in [0.2, 0.25) is 0 Å². The largest absolute Gasteiger partial charge is 0.336 e. The van der Waals surface area contributed by atoms with Gasteiger partial charge in [0, 0.05) is 18.6 Å². The Morgan fingerprint density at radius 1 is 1.58 bits per heavy atom. The summed E-state index contributed by atoms with van der Waals surface area (Å²) >= 11 is 0. The highest BCUT2D eigenvalue weighted by Crippen LogP contribution is 1.96. The van der Waals surface area contributed by atoms with Gasteiger partial charge in [0.15, 0.2) is 0 Å². The Bertz CT molecular complexity index is 152. The molecule has 0 aromatic heterocycles. The topological polar surface area (TPSA) is 53.2 Å². The first-order chi connectivity index (χ1) is 5.68. The van der Waals surface area contributed by atoms with Gasteiger partial charge < -0.3 is 16.0 Å². The molecule has 1 aliphatic heterocycles. The fourth-order valence-electron chi connectivity index (χ4n) is 1.27. The Morgan fingerprint density at radius 2 is 2.33 bits per heavy atom. The number of rotatable bonds is 2. The van der Waals surface area contributed by atoms with Crippen LogP contribution in [-0.4, -0.2) is 31.2 Å². The second-order valence-corrected chi connectivity index (χ2v) is 3.46. The minimum Gasteiger partial charge on any atom is -0.336 e. The van der Waals surface area contributed by atoms with Crippen LogP contribution in [-0.2, 0) is 0 Å². The van der Waals surface area contributed by atoms with E-state index in [1.165, 1.54) is 0 Å². The lowest BCUT2D eigenvalue weighted by Crippen LogP contribution is -2.45. The summed E-state index contributed by atoms with van der Waals surface area (Å²) in [6.07, 6.45) is 1.03. The fraction of sp³-hybridized carbons (Fsp3) is 0.875. The lowest BCUT2D eigenvalue weighted by Gasteiger charge is -2.14. The van der Waals surface area contributed by atoms with Gasteiger partial charge in [0.1, 0.15) is 0 Å². The van der Waals surface area contributed by atoms with Gasteiger partial charge in [0.25, 0.3) is 0 Å². The van der Waals surface area contributed by atoms with Crippen molar-refractivity contribution >= 4 is 6.03 Å². The van der Waals surface area contributed by atoms with E-state index in [1.54, 1.807) is 0 Å². The third-order valence-electron chi connectivity index (χ3n) is 1.82. The molecule has 1 rings (SSSR count). The van der Waals surface area contributed by atoms with Gasteiger partial charge in [-0.2, -0.15) is 0 Å². The second kappa shape index (κ2) is 4.30. The Morgan fingerprint density at radius 3 is 2.83 bits per heavy atom. The molecule has 1 atom stereocenters. The van der Waals surface area contributed by atoms with E-state index in [0.717, 1.165) is 19.5 Å². The molecular formula is C8H17N3O. The number of carbonyl (C=O) groups excluding carboxylic acids is 1. The number of carbonyl (C=O) groups is 1. The first kappa shape index (κ1) is 9.32. The van der Waals surface area contributed by atoms with Crippen LogP contribution in [0.4, 0.5) is 4.79 Å². The Hall–Kier alpha value is -0.770. The van der Waals surface area contributed by atoms with E-state index in [2.05, 4.69) is 16.0 Å². The third kappa shape index (κ3) is 3.09. The highest BCUT2D eigenvalue weighted by atomic mass is 16.2. The van der Waals surface area contributed by atoms with Gasteiger partial charge in [0.05, 0.1) is 0 Å². The zero-order valence-electron chi connectivity index (χ0n) is 7.68. The Labute approximate surface area is 73.1 Å². The average molecular weight is 171 g/mol. The van der Waals surface area contributed by atoms with Gasteiger partial charge >= 0.3 is 6.03 Å². The summed E-state index contributed by atoms with van der Waals surface area (Å²) in [5.74, 6) is 0. The van der Waals surface area contributed by atoms with Crippen molar-refractivity contribution in [3.63, 3.8) is 0 Å². The van der Waals surface area contributed by atoms with Crippen molar-refractivity contribution in [2.75, 3.05) is 13.1 Å². The smallest absolute Gasteiger partial charge is 0.315 e. The van der Waals surface area contributed by atoms with E-state index in [1.807, 2.05) is 13.8 Å². The minimum atomic E-state index is -0.0568. The fourth-order valence-corrected chi connectivity index (χ4v) is 1.27. The third-order valence-corrected chi connectivity index (χ3v) is 1.82. The summed E-state index contributed by atoms with van der Waals surface area (Å²) in [6, 6.07) is 0.460. The molecule has 1 aliphatic rings. The van der Waals surface area contributed by atoms with Gasteiger partial charge in [-0.05, 0) is 26.8 Å². The van der Waals surface area contributed by atoms with Crippen molar-refractivity contribution < 1.29 is 4.79 Å². The molecule has 1 fully saturated rings. The molecule has 0 spiro atoms. The van der Waals surface area contributed by atoms with Crippen LogP contribution < -0.4 is 16.0 Å². The predicted octanol–water partition coefficient (Wildman–Crippen LogP) is 0.0559. The predicted molar refractivity (Wildman–Crippen MR) is 48.1 cm³/mol. The summed E-state index contributed by atoms with van der Waals surface area (Å²) in [5, 5.41) is 8.88. The molecular weight excluding hydrogens is 154 g/mol. The van der Waals surface area contributed by atoms with Crippen molar-refractivity contribution in [2.24, 2.45) is 0 Å². The van der Waals surface area contributed by atoms with Gasteiger partial charge in [-0.25, -0.2) is 4.79 Å². The van der Waals surface area contributed by atoms with Gasteiger partial charge in [-0.15, -0.1) is 0 Å². The molecule has 70 valence electrons. The van der Waals surface area contributed by atoms with Gasteiger partial charge in [0.2, 0.25) is 0 Å². The monoisotopic (exact) mass is 171 g/mol. The molecule has 0 saturated carbocycles. The molecule has 4 heteroatoms. The number of urea groups is 1. The van der Waals surface area contributed by atoms with Crippen molar-refractivity contribution in [1.82, 2.24) is 16.0 Å². The lowest BCUT2D eigenvalue weighted by atomic mass is 10.3. The number of nitrogens with one attached hydrogen (secondary N) is 3. The molecule has 4 nitrogen and oxygen atoms in total. The molecule has 0 bridgehead atoms. The van der Waals surface area contributed by atoms with Crippen LogP contribution in [0.25, 0.3) is 0 Å². The number of amides is 2. The maximum Gasteiger partial charge on any atom is 0.315 e. The van der Waals surface area contributed by atoms with Crippen molar-refractivity contribution in [3.05, 3.63) is 0 Å². The van der Waals surface area contributed by atoms with Crippen LogP contribution in [0, 0.1) is 0 Å². The molecule has 1 heterocycles. The first-order valence-corrected chi connectivity index (χ1v) is 4.46. The maximum atomic E-state index is 11.2. The molecule has 12 heavy (non-hydrogen) atoms. The van der Waals surface area contributed by atoms with Crippen molar-refractivity contribution in [3.8, 4) is 0 Å². The Balaban J connectivity index is 2.16. The lowest BCUT2D eigenvalue weighted by molar-refractivity contribution is 0.235. The molecule has 0 aromatic rings. The molecule has 1 unspecified atom stereocenters. The normalized spacial score (nSPS) is 22.8. The number of hydrogen-bond acceptors (Lipinski definition) is 2. The van der Waals surface area contributed by atoms with Crippen LogP contribution in [0.15, 0.2) is 0 Å². The maximum absolute atomic E-state index is 11.2. The quantitative estimate of drug-likeness (QED) is 0.550. The molecule has 2 amide bonds. The van der Waals surface area contributed by atoms with Crippen LogP contribution in [0.1, 0.15) is 20.3 Å². The molecule has 0 aromatic carbocycles. The second-order valence-electron chi connectivity index (χ2n) is 3.46. The summed E-state index contributed by atoms with van der Waals surface area (Å²) in [5.41, 5.74) is 0. The summed E-state index contributed by atoms with van der Waals surface area (Å²) < 4.78 is 0. The highest BCUT2D eigenvalue weighted by Gasteiger charge is 2.16. The van der Waals surface area contributed by atoms with Crippen LogP contribution >= 0.6 is 0 Å². The standard InChI is InChI=1S/C8H17N3O/c1-6(2)10-8(12)11-7-3-4-9-5-7/h6-7,9H,3-5H2,1-2H3,(H2,10,11,12). The van der Waals surface area contributed by atoms with Crippen molar-refractivity contribution in [2.45, 2.75) is 32.4 Å².